The number of carbonyl (C=O) groups excluding carboxylic acids is 1. The molecule has 2 fully saturated rings. The minimum Gasteiger partial charge on any atom is -0.371 e. The Morgan fingerprint density at radius 3 is 3.00 bits per heavy atom. The van der Waals surface area contributed by atoms with Crippen LogP contribution in [0.2, 0.25) is 0 Å². The molecule has 116 valence electrons. The largest absolute Gasteiger partial charge is 0.371 e. The molecule has 21 heavy (non-hydrogen) atoms. The fourth-order valence-corrected chi connectivity index (χ4v) is 3.05. The highest BCUT2D eigenvalue weighted by Gasteiger charge is 2.39. The highest BCUT2D eigenvalue weighted by Crippen LogP contribution is 2.37. The third-order valence-electron chi connectivity index (χ3n) is 4.47. The predicted octanol–water partition coefficient (Wildman–Crippen LogP) is 2.15. The number of hydrogen-bond donors (Lipinski definition) is 1. The Labute approximate surface area is 126 Å². The summed E-state index contributed by atoms with van der Waals surface area (Å²) in [7, 11) is 0. The summed E-state index contributed by atoms with van der Waals surface area (Å²) in [6.45, 7) is 3.71. The zero-order valence-corrected chi connectivity index (χ0v) is 12.8. The van der Waals surface area contributed by atoms with E-state index < -0.39 is 0 Å². The van der Waals surface area contributed by atoms with E-state index in [2.05, 4.69) is 17.1 Å². The molecule has 0 radical (unpaired) electrons. The summed E-state index contributed by atoms with van der Waals surface area (Å²) in [6.07, 6.45) is 8.51. The minimum atomic E-state index is 0.190. The van der Waals surface area contributed by atoms with Gasteiger partial charge in [-0.05, 0) is 31.2 Å². The average molecular weight is 291 g/mol. The number of morpholine rings is 1. The second kappa shape index (κ2) is 6.60. The predicted molar refractivity (Wildman–Crippen MR) is 79.8 cm³/mol. The van der Waals surface area contributed by atoms with Gasteiger partial charge in [0.2, 0.25) is 5.91 Å². The molecule has 1 aliphatic carbocycles. The van der Waals surface area contributed by atoms with Crippen LogP contribution in [0.25, 0.3) is 0 Å². The van der Waals surface area contributed by atoms with Crippen LogP contribution in [0.1, 0.15) is 44.7 Å². The van der Waals surface area contributed by atoms with Crippen LogP contribution in [-0.2, 0) is 16.0 Å². The molecule has 1 N–H and O–H groups in total. The Morgan fingerprint density at radius 2 is 2.33 bits per heavy atom. The molecule has 1 aliphatic heterocycles. The first kappa shape index (κ1) is 14.6. The van der Waals surface area contributed by atoms with Crippen molar-refractivity contribution < 1.29 is 9.53 Å². The third kappa shape index (κ3) is 3.84. The molecule has 0 bridgehead atoms. The van der Waals surface area contributed by atoms with Gasteiger partial charge in [-0.25, -0.2) is 0 Å². The van der Waals surface area contributed by atoms with E-state index >= 15 is 0 Å². The molecule has 2 heterocycles. The average Bonchev–Trinajstić information content (AvgIpc) is 3.23. The SMILES string of the molecule is CCCC[C@@H]1CN(C(=O)Cc2ccn[nH]2)C[C@H](C2CC2)O1. The van der Waals surface area contributed by atoms with Crippen molar-refractivity contribution in [3.63, 3.8) is 0 Å². The van der Waals surface area contributed by atoms with E-state index in [1.807, 2.05) is 11.0 Å². The number of hydrogen-bond acceptors (Lipinski definition) is 3. The minimum absolute atomic E-state index is 0.190. The standard InChI is InChI=1S/C16H25N3O2/c1-2-3-4-14-10-19(11-15(21-14)12-5-6-12)16(20)9-13-7-8-17-18-13/h7-8,12,14-15H,2-6,9-11H2,1H3,(H,17,18)/t14-,15-/m1/s1. The Morgan fingerprint density at radius 1 is 1.48 bits per heavy atom. The number of aromatic nitrogens is 2. The van der Waals surface area contributed by atoms with E-state index in [1.165, 1.54) is 25.7 Å². The van der Waals surface area contributed by atoms with Crippen LogP contribution >= 0.6 is 0 Å². The number of aromatic amines is 1. The molecule has 1 aromatic heterocycles. The lowest BCUT2D eigenvalue weighted by Crippen LogP contribution is -2.51. The maximum Gasteiger partial charge on any atom is 0.228 e. The smallest absolute Gasteiger partial charge is 0.228 e. The zero-order chi connectivity index (χ0) is 14.7. The van der Waals surface area contributed by atoms with Gasteiger partial charge in [0, 0.05) is 25.0 Å². The lowest BCUT2D eigenvalue weighted by atomic mass is 10.1. The van der Waals surface area contributed by atoms with Gasteiger partial charge in [-0.3, -0.25) is 9.89 Å². The van der Waals surface area contributed by atoms with Gasteiger partial charge in [0.15, 0.2) is 0 Å². The van der Waals surface area contributed by atoms with Crippen molar-refractivity contribution in [1.29, 1.82) is 0 Å². The van der Waals surface area contributed by atoms with Crippen LogP contribution in [0.5, 0.6) is 0 Å². The maximum absolute atomic E-state index is 12.5. The topological polar surface area (TPSA) is 58.2 Å². The monoisotopic (exact) mass is 291 g/mol. The molecule has 1 saturated heterocycles. The molecule has 5 nitrogen and oxygen atoms in total. The van der Waals surface area contributed by atoms with Gasteiger partial charge >= 0.3 is 0 Å². The van der Waals surface area contributed by atoms with Crippen LogP contribution in [0.3, 0.4) is 0 Å². The summed E-state index contributed by atoms with van der Waals surface area (Å²) in [5.41, 5.74) is 0.888. The first-order valence-electron chi connectivity index (χ1n) is 8.17. The van der Waals surface area contributed by atoms with Crippen molar-refractivity contribution in [3.05, 3.63) is 18.0 Å². The number of amides is 1. The van der Waals surface area contributed by atoms with Gasteiger partial charge < -0.3 is 9.64 Å². The normalized spacial score (nSPS) is 26.0. The molecule has 2 aliphatic rings. The van der Waals surface area contributed by atoms with E-state index in [0.29, 0.717) is 12.3 Å². The number of unbranched alkanes of at least 4 members (excludes halogenated alkanes) is 1. The highest BCUT2D eigenvalue weighted by atomic mass is 16.5. The summed E-state index contributed by atoms with van der Waals surface area (Å²) in [5.74, 6) is 0.867. The number of H-pyrrole nitrogens is 1. The molecule has 1 amide bonds. The van der Waals surface area contributed by atoms with Crippen molar-refractivity contribution in [2.24, 2.45) is 5.92 Å². The quantitative estimate of drug-likeness (QED) is 0.873. The van der Waals surface area contributed by atoms with Crippen LogP contribution in [-0.4, -0.2) is 46.3 Å². The molecular formula is C16H25N3O2. The van der Waals surface area contributed by atoms with Crippen LogP contribution in [0, 0.1) is 5.92 Å². The van der Waals surface area contributed by atoms with Crippen molar-refractivity contribution in [3.8, 4) is 0 Å². The molecular weight excluding hydrogens is 266 g/mol. The van der Waals surface area contributed by atoms with Crippen LogP contribution in [0.4, 0.5) is 0 Å². The Balaban J connectivity index is 1.60. The summed E-state index contributed by atoms with van der Waals surface area (Å²) in [5, 5.41) is 6.78. The zero-order valence-electron chi connectivity index (χ0n) is 12.8. The Kier molecular flexibility index (Phi) is 4.58. The summed E-state index contributed by atoms with van der Waals surface area (Å²) < 4.78 is 6.21. The molecule has 2 atom stereocenters. The van der Waals surface area contributed by atoms with Gasteiger partial charge in [-0.2, -0.15) is 5.10 Å². The van der Waals surface area contributed by atoms with Gasteiger partial charge in [-0.1, -0.05) is 19.8 Å². The van der Waals surface area contributed by atoms with Gasteiger partial charge in [-0.15, -0.1) is 0 Å². The fraction of sp³-hybridized carbons (Fsp3) is 0.750. The maximum atomic E-state index is 12.5. The molecule has 1 saturated carbocycles. The number of nitrogens with zero attached hydrogens (tertiary/aromatic N) is 2. The molecule has 0 unspecified atom stereocenters. The Hall–Kier alpha value is -1.36. The fourth-order valence-electron chi connectivity index (χ4n) is 3.05. The van der Waals surface area contributed by atoms with E-state index in [4.69, 9.17) is 4.74 Å². The summed E-state index contributed by atoms with van der Waals surface area (Å²) >= 11 is 0. The number of carbonyl (C=O) groups is 1. The molecule has 0 aromatic carbocycles. The number of ether oxygens (including phenoxy) is 1. The molecule has 3 rings (SSSR count). The van der Waals surface area contributed by atoms with Gasteiger partial charge in [0.05, 0.1) is 18.6 Å². The third-order valence-corrected chi connectivity index (χ3v) is 4.47. The van der Waals surface area contributed by atoms with E-state index in [-0.39, 0.29) is 18.1 Å². The lowest BCUT2D eigenvalue weighted by Gasteiger charge is -2.38. The van der Waals surface area contributed by atoms with Crippen LogP contribution < -0.4 is 0 Å². The van der Waals surface area contributed by atoms with Crippen LogP contribution in [0.15, 0.2) is 12.3 Å². The second-order valence-corrected chi connectivity index (χ2v) is 6.33. The molecule has 1 aromatic rings. The van der Waals surface area contributed by atoms with E-state index in [9.17, 15) is 4.79 Å². The van der Waals surface area contributed by atoms with E-state index in [1.54, 1.807) is 6.20 Å². The lowest BCUT2D eigenvalue weighted by molar-refractivity contribution is -0.147. The summed E-state index contributed by atoms with van der Waals surface area (Å²) in [4.78, 5) is 14.5. The Bertz CT molecular complexity index is 456. The highest BCUT2D eigenvalue weighted by molar-refractivity contribution is 5.78. The van der Waals surface area contributed by atoms with Crippen molar-refractivity contribution >= 4 is 5.91 Å². The summed E-state index contributed by atoms with van der Waals surface area (Å²) in [6, 6.07) is 1.87. The second-order valence-electron chi connectivity index (χ2n) is 6.33. The van der Waals surface area contributed by atoms with Crippen molar-refractivity contribution in [2.45, 2.75) is 57.7 Å². The number of nitrogens with one attached hydrogen (secondary N) is 1. The van der Waals surface area contributed by atoms with Gasteiger partial charge in [0.25, 0.3) is 0 Å². The van der Waals surface area contributed by atoms with Gasteiger partial charge in [0.1, 0.15) is 0 Å². The molecule has 5 heteroatoms. The van der Waals surface area contributed by atoms with Crippen molar-refractivity contribution in [1.82, 2.24) is 15.1 Å². The number of rotatable bonds is 6. The first-order valence-corrected chi connectivity index (χ1v) is 8.17. The van der Waals surface area contributed by atoms with Crippen molar-refractivity contribution in [2.75, 3.05) is 13.1 Å². The van der Waals surface area contributed by atoms with E-state index in [0.717, 1.165) is 25.2 Å². The molecule has 0 spiro atoms. The first-order chi connectivity index (χ1) is 10.3.